The minimum Gasteiger partial charge on any atom is -0.481 e. The fraction of sp³-hybridized carbons (Fsp3) is 0.897. The number of rotatable bonds is 2. The lowest BCUT2D eigenvalue weighted by molar-refractivity contribution is -0.226. The van der Waals surface area contributed by atoms with Gasteiger partial charge in [-0.1, -0.05) is 34.6 Å². The number of piperidine rings is 1. The van der Waals surface area contributed by atoms with Gasteiger partial charge in [-0.15, -0.1) is 0 Å². The SMILES string of the molecule is CC1CC(O)CN2C(CCC3(C)C2CC2(C)C4CC(C)CC(=O)C4CC(=O)C2C3(C)CC(=O)O)C1. The normalized spacial score (nSPS) is 52.5. The van der Waals surface area contributed by atoms with Gasteiger partial charge in [-0.25, -0.2) is 0 Å². The van der Waals surface area contributed by atoms with Crippen LogP contribution in [0.4, 0.5) is 0 Å². The molecule has 6 heteroatoms. The average molecular weight is 488 g/mol. The number of carbonyl (C=O) groups is 3. The van der Waals surface area contributed by atoms with Gasteiger partial charge in [0.05, 0.1) is 12.5 Å². The zero-order chi connectivity index (χ0) is 25.5. The highest BCUT2D eigenvalue weighted by Crippen LogP contribution is 2.71. The lowest BCUT2D eigenvalue weighted by Crippen LogP contribution is -2.73. The van der Waals surface area contributed by atoms with Crippen molar-refractivity contribution >= 4 is 17.5 Å². The van der Waals surface area contributed by atoms with Gasteiger partial charge in [0.25, 0.3) is 0 Å². The maximum Gasteiger partial charge on any atom is 0.303 e. The van der Waals surface area contributed by atoms with Crippen molar-refractivity contribution in [1.82, 2.24) is 4.90 Å². The number of fused-ring (bicyclic) bond motifs is 6. The predicted molar refractivity (Wildman–Crippen MR) is 133 cm³/mol. The Morgan fingerprint density at radius 1 is 1.03 bits per heavy atom. The molecule has 5 rings (SSSR count). The molecule has 0 aromatic heterocycles. The molecule has 2 N–H and O–H groups in total. The number of nitrogens with zero attached hydrogens (tertiary/aromatic N) is 1. The molecule has 35 heavy (non-hydrogen) atoms. The minimum atomic E-state index is -0.841. The average Bonchev–Trinajstić information content (AvgIpc) is 2.87. The van der Waals surface area contributed by atoms with Crippen molar-refractivity contribution in [3.8, 4) is 0 Å². The first kappa shape index (κ1) is 25.4. The summed E-state index contributed by atoms with van der Waals surface area (Å²) in [5, 5.41) is 21.1. The Labute approximate surface area is 210 Å². The summed E-state index contributed by atoms with van der Waals surface area (Å²) >= 11 is 0. The molecule has 0 spiro atoms. The third-order valence-electron chi connectivity index (χ3n) is 11.8. The number of carboxylic acid groups (broad SMARTS) is 1. The number of carbonyl (C=O) groups excluding carboxylic acids is 2. The van der Waals surface area contributed by atoms with Gasteiger partial charge in [-0.2, -0.15) is 0 Å². The van der Waals surface area contributed by atoms with E-state index in [1.807, 2.05) is 0 Å². The molecule has 11 atom stereocenters. The third kappa shape index (κ3) is 3.67. The van der Waals surface area contributed by atoms with E-state index in [4.69, 9.17) is 0 Å². The monoisotopic (exact) mass is 487 g/mol. The van der Waals surface area contributed by atoms with Gasteiger partial charge in [-0.3, -0.25) is 19.3 Å². The van der Waals surface area contributed by atoms with Crippen LogP contribution in [0.15, 0.2) is 0 Å². The molecule has 0 amide bonds. The second-order valence-corrected chi connectivity index (χ2v) is 14.1. The van der Waals surface area contributed by atoms with Crippen LogP contribution in [0.5, 0.6) is 0 Å². The topological polar surface area (TPSA) is 94.9 Å². The maximum atomic E-state index is 14.0. The number of ketones is 2. The third-order valence-corrected chi connectivity index (χ3v) is 11.8. The molecule has 5 aliphatic rings. The fourth-order valence-electron chi connectivity index (χ4n) is 10.3. The van der Waals surface area contributed by atoms with Crippen molar-refractivity contribution in [1.29, 1.82) is 0 Å². The first-order valence-corrected chi connectivity index (χ1v) is 14.0. The number of carboxylic acids is 1. The fourth-order valence-corrected chi connectivity index (χ4v) is 10.3. The van der Waals surface area contributed by atoms with Gasteiger partial charge in [0.15, 0.2) is 0 Å². The zero-order valence-electron chi connectivity index (χ0n) is 22.3. The van der Waals surface area contributed by atoms with Crippen LogP contribution in [-0.2, 0) is 14.4 Å². The van der Waals surface area contributed by atoms with E-state index in [1.54, 1.807) is 0 Å². The van der Waals surface area contributed by atoms with E-state index in [2.05, 4.69) is 39.5 Å². The van der Waals surface area contributed by atoms with Crippen LogP contribution in [-0.4, -0.2) is 57.4 Å². The quantitative estimate of drug-likeness (QED) is 0.602. The van der Waals surface area contributed by atoms with Crippen molar-refractivity contribution < 1.29 is 24.6 Å². The van der Waals surface area contributed by atoms with Crippen molar-refractivity contribution in [2.24, 2.45) is 45.8 Å². The summed E-state index contributed by atoms with van der Waals surface area (Å²) in [6, 6.07) is 0.488. The summed E-state index contributed by atoms with van der Waals surface area (Å²) in [7, 11) is 0. The molecule has 3 saturated carbocycles. The second kappa shape index (κ2) is 8.37. The second-order valence-electron chi connectivity index (χ2n) is 14.1. The molecule has 2 heterocycles. The Hall–Kier alpha value is -1.27. The van der Waals surface area contributed by atoms with Crippen molar-refractivity contribution in [2.75, 3.05) is 6.54 Å². The van der Waals surface area contributed by atoms with Gasteiger partial charge < -0.3 is 10.2 Å². The molecular formula is C29H45NO5. The number of aliphatic hydroxyl groups is 1. The Morgan fingerprint density at radius 2 is 1.74 bits per heavy atom. The van der Waals surface area contributed by atoms with E-state index in [0.29, 0.717) is 30.8 Å². The molecule has 5 fully saturated rings. The van der Waals surface area contributed by atoms with Crippen LogP contribution in [0, 0.1) is 45.8 Å². The lowest BCUT2D eigenvalue weighted by atomic mass is 9.35. The standard InChI is InChI=1S/C29H45NO5/c1-16-8-18-6-7-28(4)24(30(18)15-19(31)9-16)13-27(3)21-10-17(2)11-22(32)20(21)12-23(33)26(27)29(28,5)14-25(34)35/h16-21,24,26,31H,6-15H2,1-5H3,(H,34,35). The van der Waals surface area contributed by atoms with Gasteiger partial charge >= 0.3 is 5.97 Å². The number of aliphatic carboxylic acids is 1. The molecule has 2 saturated heterocycles. The van der Waals surface area contributed by atoms with Crippen LogP contribution in [0.25, 0.3) is 0 Å². The number of Topliss-reactive ketones (excluding diaryl/α,β-unsaturated/α-hetero) is 2. The maximum absolute atomic E-state index is 14.0. The number of hydrogen-bond donors (Lipinski definition) is 2. The smallest absolute Gasteiger partial charge is 0.303 e. The summed E-state index contributed by atoms with van der Waals surface area (Å²) in [5.41, 5.74) is -1.45. The van der Waals surface area contributed by atoms with E-state index >= 15 is 0 Å². The molecule has 196 valence electrons. The minimum absolute atomic E-state index is 0.0235. The first-order chi connectivity index (χ1) is 16.3. The molecule has 6 nitrogen and oxygen atoms in total. The Bertz CT molecular complexity index is 919. The first-order valence-electron chi connectivity index (χ1n) is 14.0. The van der Waals surface area contributed by atoms with Crippen molar-refractivity contribution in [3.63, 3.8) is 0 Å². The summed E-state index contributed by atoms with van der Waals surface area (Å²) in [6.07, 6.45) is 5.94. The van der Waals surface area contributed by atoms with Crippen LogP contribution in [0.2, 0.25) is 0 Å². The van der Waals surface area contributed by atoms with Crippen molar-refractivity contribution in [3.05, 3.63) is 0 Å². The van der Waals surface area contributed by atoms with Crippen LogP contribution >= 0.6 is 0 Å². The molecule has 0 radical (unpaired) electrons. The molecule has 0 bridgehead atoms. The van der Waals surface area contributed by atoms with E-state index in [1.165, 1.54) is 0 Å². The van der Waals surface area contributed by atoms with E-state index < -0.39 is 16.8 Å². The molecular weight excluding hydrogens is 442 g/mol. The zero-order valence-corrected chi connectivity index (χ0v) is 22.3. The molecule has 0 aromatic rings. The van der Waals surface area contributed by atoms with Gasteiger partial charge in [0.2, 0.25) is 0 Å². The number of aliphatic hydroxyl groups excluding tert-OH is 1. The Kier molecular flexibility index (Phi) is 6.07. The van der Waals surface area contributed by atoms with Crippen LogP contribution in [0.3, 0.4) is 0 Å². The Balaban J connectivity index is 1.65. The van der Waals surface area contributed by atoms with Crippen LogP contribution < -0.4 is 0 Å². The largest absolute Gasteiger partial charge is 0.481 e. The molecule has 11 unspecified atom stereocenters. The molecule has 3 aliphatic carbocycles. The highest BCUT2D eigenvalue weighted by atomic mass is 16.4. The molecule has 0 aromatic carbocycles. The summed E-state index contributed by atoms with van der Waals surface area (Å²) in [6.45, 7) is 11.5. The van der Waals surface area contributed by atoms with E-state index in [0.717, 1.165) is 38.5 Å². The van der Waals surface area contributed by atoms with Crippen LogP contribution in [0.1, 0.15) is 92.4 Å². The highest BCUT2D eigenvalue weighted by Gasteiger charge is 2.71. The molecule has 2 aliphatic heterocycles. The predicted octanol–water partition coefficient (Wildman–Crippen LogP) is 4.33. The Morgan fingerprint density at radius 3 is 2.43 bits per heavy atom. The summed E-state index contributed by atoms with van der Waals surface area (Å²) in [5.74, 6) is -0.178. The summed E-state index contributed by atoms with van der Waals surface area (Å²) < 4.78 is 0. The van der Waals surface area contributed by atoms with Gasteiger partial charge in [-0.05, 0) is 72.5 Å². The highest BCUT2D eigenvalue weighted by molar-refractivity contribution is 5.93. The lowest BCUT2D eigenvalue weighted by Gasteiger charge is -2.71. The van der Waals surface area contributed by atoms with Gasteiger partial charge in [0.1, 0.15) is 11.6 Å². The van der Waals surface area contributed by atoms with Crippen molar-refractivity contribution in [2.45, 2.75) is 111 Å². The number of hydrogen-bond acceptors (Lipinski definition) is 5. The van der Waals surface area contributed by atoms with Gasteiger partial charge in [0, 0.05) is 43.3 Å². The van der Waals surface area contributed by atoms with E-state index in [-0.39, 0.29) is 59.7 Å². The summed E-state index contributed by atoms with van der Waals surface area (Å²) in [4.78, 5) is 42.0. The van der Waals surface area contributed by atoms with E-state index in [9.17, 15) is 24.6 Å².